The third kappa shape index (κ3) is 2.41. The first-order valence-corrected chi connectivity index (χ1v) is 6.37. The van der Waals surface area contributed by atoms with Crippen molar-refractivity contribution >= 4 is 17.1 Å². The molecule has 92 valence electrons. The predicted molar refractivity (Wildman–Crippen MR) is 78.6 cm³/mol. The summed E-state index contributed by atoms with van der Waals surface area (Å²) in [5.74, 6) is 0. The molecule has 0 unspecified atom stereocenters. The molecule has 3 aromatic rings. The highest BCUT2D eigenvalue weighted by molar-refractivity contribution is 5.83. The number of rotatable bonds is 3. The van der Waals surface area contributed by atoms with Gasteiger partial charge in [0.15, 0.2) is 0 Å². The molecule has 1 nitrogen and oxygen atoms in total. The van der Waals surface area contributed by atoms with Crippen molar-refractivity contribution in [3.8, 4) is 0 Å². The molecule has 3 rings (SSSR count). The lowest BCUT2D eigenvalue weighted by Crippen LogP contribution is -1.94. The molecule has 0 aliphatic heterocycles. The molecule has 0 spiro atoms. The molecular formula is C18H14O. The molecule has 19 heavy (non-hydrogen) atoms. The first kappa shape index (κ1) is 11.7. The van der Waals surface area contributed by atoms with Gasteiger partial charge in [-0.15, -0.1) is 0 Å². The quantitative estimate of drug-likeness (QED) is 0.632. The van der Waals surface area contributed by atoms with Crippen LogP contribution in [0.1, 0.15) is 21.5 Å². The second-order valence-corrected chi connectivity index (χ2v) is 4.67. The van der Waals surface area contributed by atoms with E-state index in [0.717, 1.165) is 23.8 Å². The van der Waals surface area contributed by atoms with Crippen LogP contribution in [0.3, 0.4) is 0 Å². The van der Waals surface area contributed by atoms with Gasteiger partial charge in [-0.2, -0.15) is 0 Å². The Balaban J connectivity index is 1.99. The minimum absolute atomic E-state index is 0.774. The van der Waals surface area contributed by atoms with Gasteiger partial charge in [0.1, 0.15) is 6.29 Å². The van der Waals surface area contributed by atoms with Gasteiger partial charge in [-0.25, -0.2) is 0 Å². The third-order valence-corrected chi connectivity index (χ3v) is 3.39. The van der Waals surface area contributed by atoms with Crippen molar-refractivity contribution < 1.29 is 4.79 Å². The minimum Gasteiger partial charge on any atom is -0.298 e. The average Bonchev–Trinajstić information content (AvgIpc) is 2.48. The maximum Gasteiger partial charge on any atom is 0.150 e. The van der Waals surface area contributed by atoms with E-state index in [1.54, 1.807) is 0 Å². The van der Waals surface area contributed by atoms with Crippen molar-refractivity contribution in [2.75, 3.05) is 0 Å². The van der Waals surface area contributed by atoms with E-state index in [2.05, 4.69) is 30.3 Å². The summed E-state index contributed by atoms with van der Waals surface area (Å²) < 4.78 is 0. The SMILES string of the molecule is O=Cc1ccccc1Cc1ccc2ccccc2c1. The summed E-state index contributed by atoms with van der Waals surface area (Å²) >= 11 is 0. The van der Waals surface area contributed by atoms with Crippen LogP contribution in [0.15, 0.2) is 66.7 Å². The molecule has 0 saturated carbocycles. The number of fused-ring (bicyclic) bond motifs is 1. The van der Waals surface area contributed by atoms with E-state index in [0.29, 0.717) is 0 Å². The van der Waals surface area contributed by atoms with E-state index in [-0.39, 0.29) is 0 Å². The molecule has 0 aliphatic rings. The van der Waals surface area contributed by atoms with Crippen molar-refractivity contribution in [1.82, 2.24) is 0 Å². The fourth-order valence-electron chi connectivity index (χ4n) is 2.38. The highest BCUT2D eigenvalue weighted by Gasteiger charge is 2.02. The lowest BCUT2D eigenvalue weighted by molar-refractivity contribution is 0.112. The van der Waals surface area contributed by atoms with Gasteiger partial charge < -0.3 is 0 Å². The molecule has 0 heterocycles. The van der Waals surface area contributed by atoms with Crippen LogP contribution in [0.25, 0.3) is 10.8 Å². The zero-order chi connectivity index (χ0) is 13.1. The zero-order valence-corrected chi connectivity index (χ0v) is 10.5. The maximum absolute atomic E-state index is 11.0. The van der Waals surface area contributed by atoms with Crippen LogP contribution in [0, 0.1) is 0 Å². The highest BCUT2D eigenvalue weighted by atomic mass is 16.1. The largest absolute Gasteiger partial charge is 0.298 e. The van der Waals surface area contributed by atoms with Gasteiger partial charge in [-0.3, -0.25) is 4.79 Å². The maximum atomic E-state index is 11.0. The second kappa shape index (κ2) is 5.07. The van der Waals surface area contributed by atoms with Crippen molar-refractivity contribution in [3.63, 3.8) is 0 Å². The van der Waals surface area contributed by atoms with E-state index in [9.17, 15) is 4.79 Å². The van der Waals surface area contributed by atoms with Crippen LogP contribution in [-0.2, 0) is 6.42 Å². The molecular weight excluding hydrogens is 232 g/mol. The summed E-state index contributed by atoms with van der Waals surface area (Å²) in [7, 11) is 0. The average molecular weight is 246 g/mol. The molecule has 1 heteroatoms. The number of benzene rings is 3. The van der Waals surface area contributed by atoms with Gasteiger partial charge in [0.05, 0.1) is 0 Å². The highest BCUT2D eigenvalue weighted by Crippen LogP contribution is 2.19. The van der Waals surface area contributed by atoms with Crippen LogP contribution in [0.5, 0.6) is 0 Å². The number of aldehydes is 1. The van der Waals surface area contributed by atoms with Gasteiger partial charge >= 0.3 is 0 Å². The molecule has 0 bridgehead atoms. The number of hydrogen-bond donors (Lipinski definition) is 0. The first-order chi connectivity index (χ1) is 9.36. The molecule has 0 aromatic heterocycles. The number of hydrogen-bond acceptors (Lipinski definition) is 1. The molecule has 0 aliphatic carbocycles. The molecule has 0 amide bonds. The van der Waals surface area contributed by atoms with Gasteiger partial charge in [0.2, 0.25) is 0 Å². The number of carbonyl (C=O) groups is 1. The predicted octanol–water partition coefficient (Wildman–Crippen LogP) is 4.24. The van der Waals surface area contributed by atoms with E-state index in [1.165, 1.54) is 16.3 Å². The summed E-state index contributed by atoms with van der Waals surface area (Å²) in [5, 5.41) is 2.48. The Morgan fingerprint density at radius 3 is 2.37 bits per heavy atom. The number of carbonyl (C=O) groups excluding carboxylic acids is 1. The Bertz CT molecular complexity index is 728. The third-order valence-electron chi connectivity index (χ3n) is 3.39. The lowest BCUT2D eigenvalue weighted by Gasteiger charge is -2.06. The monoisotopic (exact) mass is 246 g/mol. The van der Waals surface area contributed by atoms with Crippen molar-refractivity contribution in [3.05, 3.63) is 83.4 Å². The van der Waals surface area contributed by atoms with Crippen LogP contribution >= 0.6 is 0 Å². The van der Waals surface area contributed by atoms with Crippen molar-refractivity contribution in [1.29, 1.82) is 0 Å². The van der Waals surface area contributed by atoms with E-state index < -0.39 is 0 Å². The molecule has 3 aromatic carbocycles. The summed E-state index contributed by atoms with van der Waals surface area (Å²) in [6, 6.07) is 22.5. The van der Waals surface area contributed by atoms with Crippen LogP contribution < -0.4 is 0 Å². The Morgan fingerprint density at radius 2 is 1.53 bits per heavy atom. The van der Waals surface area contributed by atoms with Crippen LogP contribution in [0.2, 0.25) is 0 Å². The Labute approximate surface area is 112 Å². The van der Waals surface area contributed by atoms with Crippen molar-refractivity contribution in [2.45, 2.75) is 6.42 Å². The fraction of sp³-hybridized carbons (Fsp3) is 0.0556. The van der Waals surface area contributed by atoms with Crippen molar-refractivity contribution in [2.24, 2.45) is 0 Å². The summed E-state index contributed by atoms with van der Waals surface area (Å²) in [6.07, 6.45) is 1.72. The molecule has 0 N–H and O–H groups in total. The van der Waals surface area contributed by atoms with E-state index in [4.69, 9.17) is 0 Å². The second-order valence-electron chi connectivity index (χ2n) is 4.67. The summed E-state index contributed by atoms with van der Waals surface area (Å²) in [5.41, 5.74) is 3.08. The summed E-state index contributed by atoms with van der Waals surface area (Å²) in [4.78, 5) is 11.0. The molecule has 0 saturated heterocycles. The Morgan fingerprint density at radius 1 is 0.789 bits per heavy atom. The Kier molecular flexibility index (Phi) is 3.11. The smallest absolute Gasteiger partial charge is 0.150 e. The van der Waals surface area contributed by atoms with E-state index >= 15 is 0 Å². The lowest BCUT2D eigenvalue weighted by atomic mass is 9.98. The van der Waals surface area contributed by atoms with Gasteiger partial charge in [0, 0.05) is 5.56 Å². The van der Waals surface area contributed by atoms with Gasteiger partial charge in [0.25, 0.3) is 0 Å². The molecule has 0 atom stereocenters. The van der Waals surface area contributed by atoms with Gasteiger partial charge in [-0.1, -0.05) is 66.7 Å². The normalized spacial score (nSPS) is 10.5. The molecule has 0 radical (unpaired) electrons. The fourth-order valence-corrected chi connectivity index (χ4v) is 2.38. The first-order valence-electron chi connectivity index (χ1n) is 6.37. The van der Waals surface area contributed by atoms with Crippen LogP contribution in [0.4, 0.5) is 0 Å². The topological polar surface area (TPSA) is 17.1 Å². The van der Waals surface area contributed by atoms with Crippen LogP contribution in [-0.4, -0.2) is 6.29 Å². The standard InChI is InChI=1S/C18H14O/c19-13-18-8-4-3-7-17(18)12-14-9-10-15-5-1-2-6-16(15)11-14/h1-11,13H,12H2. The zero-order valence-electron chi connectivity index (χ0n) is 10.5. The Hall–Kier alpha value is -2.41. The summed E-state index contributed by atoms with van der Waals surface area (Å²) in [6.45, 7) is 0. The minimum atomic E-state index is 0.774. The van der Waals surface area contributed by atoms with Gasteiger partial charge in [-0.05, 0) is 28.3 Å². The van der Waals surface area contributed by atoms with E-state index in [1.807, 2.05) is 36.4 Å². The molecule has 0 fully saturated rings.